The number of hydrogen-bond acceptors (Lipinski definition) is 2. The molecule has 1 heterocycles. The summed E-state index contributed by atoms with van der Waals surface area (Å²) < 4.78 is 0. The predicted octanol–water partition coefficient (Wildman–Crippen LogP) is 2.17. The number of aliphatic hydroxyl groups is 1. The fourth-order valence-electron chi connectivity index (χ4n) is 2.20. The number of alkyl halides is 1. The Kier molecular flexibility index (Phi) is 5.25. The molecule has 0 aromatic carbocycles. The summed E-state index contributed by atoms with van der Waals surface area (Å²) >= 11 is 3.42. The SMILES string of the molecule is CC(C)(CCCO)CN1CCCC(Br)C1=O. The number of aliphatic hydroxyl groups excluding tert-OH is 1. The van der Waals surface area contributed by atoms with Crippen LogP contribution in [0.5, 0.6) is 0 Å². The summed E-state index contributed by atoms with van der Waals surface area (Å²) in [6.07, 6.45) is 3.80. The Labute approximate surface area is 106 Å². The highest BCUT2D eigenvalue weighted by molar-refractivity contribution is 9.10. The number of hydrogen-bond donors (Lipinski definition) is 1. The highest BCUT2D eigenvalue weighted by atomic mass is 79.9. The van der Waals surface area contributed by atoms with E-state index in [0.29, 0.717) is 0 Å². The quantitative estimate of drug-likeness (QED) is 0.789. The molecular formula is C12H22BrNO2. The van der Waals surface area contributed by atoms with E-state index in [1.54, 1.807) is 0 Å². The second kappa shape index (κ2) is 6.01. The van der Waals surface area contributed by atoms with E-state index in [4.69, 9.17) is 5.11 Å². The average Bonchev–Trinajstić information content (AvgIpc) is 2.22. The van der Waals surface area contributed by atoms with E-state index < -0.39 is 0 Å². The van der Waals surface area contributed by atoms with Crippen LogP contribution in [-0.2, 0) is 4.79 Å². The van der Waals surface area contributed by atoms with Gasteiger partial charge in [-0.2, -0.15) is 0 Å². The van der Waals surface area contributed by atoms with Crippen LogP contribution >= 0.6 is 15.9 Å². The van der Waals surface area contributed by atoms with Gasteiger partial charge in [-0.1, -0.05) is 29.8 Å². The standard InChI is InChI=1S/C12H22BrNO2/c1-12(2,6-4-8-15)9-14-7-3-5-10(13)11(14)16/h10,15H,3-9H2,1-2H3. The van der Waals surface area contributed by atoms with Crippen LogP contribution in [0.15, 0.2) is 0 Å². The summed E-state index contributed by atoms with van der Waals surface area (Å²) in [4.78, 5) is 13.9. The van der Waals surface area contributed by atoms with Crippen molar-refractivity contribution in [2.75, 3.05) is 19.7 Å². The summed E-state index contributed by atoms with van der Waals surface area (Å²) in [7, 11) is 0. The van der Waals surface area contributed by atoms with E-state index in [2.05, 4.69) is 29.8 Å². The van der Waals surface area contributed by atoms with Gasteiger partial charge in [0.15, 0.2) is 0 Å². The third kappa shape index (κ3) is 4.06. The molecule has 0 aromatic heterocycles. The lowest BCUT2D eigenvalue weighted by atomic mass is 9.86. The van der Waals surface area contributed by atoms with E-state index >= 15 is 0 Å². The van der Waals surface area contributed by atoms with Crippen molar-refractivity contribution in [3.63, 3.8) is 0 Å². The van der Waals surface area contributed by atoms with Gasteiger partial charge in [0.1, 0.15) is 0 Å². The summed E-state index contributed by atoms with van der Waals surface area (Å²) in [6, 6.07) is 0. The van der Waals surface area contributed by atoms with Crippen LogP contribution in [0.2, 0.25) is 0 Å². The van der Waals surface area contributed by atoms with Crippen molar-refractivity contribution >= 4 is 21.8 Å². The zero-order valence-corrected chi connectivity index (χ0v) is 11.8. The van der Waals surface area contributed by atoms with Crippen LogP contribution in [0.1, 0.15) is 39.5 Å². The smallest absolute Gasteiger partial charge is 0.236 e. The first-order valence-electron chi connectivity index (χ1n) is 6.00. The molecule has 0 aromatic rings. The average molecular weight is 292 g/mol. The Morgan fingerprint density at radius 2 is 2.25 bits per heavy atom. The molecule has 4 heteroatoms. The van der Waals surface area contributed by atoms with Crippen molar-refractivity contribution in [2.45, 2.75) is 44.4 Å². The number of carbonyl (C=O) groups is 1. The third-order valence-corrected chi connectivity index (χ3v) is 3.95. The van der Waals surface area contributed by atoms with Gasteiger partial charge in [-0.25, -0.2) is 0 Å². The van der Waals surface area contributed by atoms with Crippen molar-refractivity contribution in [3.8, 4) is 0 Å². The molecule has 1 rings (SSSR count). The molecular weight excluding hydrogens is 270 g/mol. The molecule has 0 aliphatic carbocycles. The molecule has 1 fully saturated rings. The van der Waals surface area contributed by atoms with Crippen molar-refractivity contribution in [1.29, 1.82) is 0 Å². The number of halogens is 1. The van der Waals surface area contributed by atoms with Crippen LogP contribution in [0.25, 0.3) is 0 Å². The molecule has 3 nitrogen and oxygen atoms in total. The molecule has 0 radical (unpaired) electrons. The predicted molar refractivity (Wildman–Crippen MR) is 68.6 cm³/mol. The number of carbonyl (C=O) groups excluding carboxylic acids is 1. The highest BCUT2D eigenvalue weighted by Crippen LogP contribution is 2.27. The van der Waals surface area contributed by atoms with Gasteiger partial charge in [0.2, 0.25) is 5.91 Å². The third-order valence-electron chi connectivity index (χ3n) is 3.10. The first kappa shape index (κ1) is 14.0. The van der Waals surface area contributed by atoms with Gasteiger partial charge in [-0.15, -0.1) is 0 Å². The van der Waals surface area contributed by atoms with Crippen LogP contribution in [0.3, 0.4) is 0 Å². The minimum Gasteiger partial charge on any atom is -0.396 e. The molecule has 1 atom stereocenters. The molecule has 0 spiro atoms. The Morgan fingerprint density at radius 1 is 1.56 bits per heavy atom. The summed E-state index contributed by atoms with van der Waals surface area (Å²) in [5.74, 6) is 0.225. The minimum absolute atomic E-state index is 0.00916. The molecule has 1 N–H and O–H groups in total. The van der Waals surface area contributed by atoms with E-state index in [1.165, 1.54) is 0 Å². The second-order valence-corrected chi connectivity index (χ2v) is 6.47. The Balaban J connectivity index is 2.48. The first-order valence-corrected chi connectivity index (χ1v) is 6.91. The molecule has 16 heavy (non-hydrogen) atoms. The van der Waals surface area contributed by atoms with Crippen molar-refractivity contribution in [2.24, 2.45) is 5.41 Å². The normalized spacial score (nSPS) is 22.6. The minimum atomic E-state index is 0.00916. The maximum atomic E-state index is 11.9. The maximum absolute atomic E-state index is 11.9. The van der Waals surface area contributed by atoms with Gasteiger partial charge in [-0.05, 0) is 31.1 Å². The lowest BCUT2D eigenvalue weighted by Crippen LogP contribution is -2.46. The van der Waals surface area contributed by atoms with Crippen molar-refractivity contribution in [1.82, 2.24) is 4.90 Å². The molecule has 94 valence electrons. The monoisotopic (exact) mass is 291 g/mol. The number of likely N-dealkylation sites (tertiary alicyclic amines) is 1. The van der Waals surface area contributed by atoms with Gasteiger partial charge in [0.05, 0.1) is 4.83 Å². The molecule has 1 saturated heterocycles. The molecule has 1 unspecified atom stereocenters. The van der Waals surface area contributed by atoms with Gasteiger partial charge in [-0.3, -0.25) is 4.79 Å². The Morgan fingerprint density at radius 3 is 2.88 bits per heavy atom. The van der Waals surface area contributed by atoms with E-state index in [0.717, 1.165) is 38.8 Å². The van der Waals surface area contributed by atoms with Gasteiger partial charge in [0.25, 0.3) is 0 Å². The van der Waals surface area contributed by atoms with Crippen LogP contribution in [0.4, 0.5) is 0 Å². The topological polar surface area (TPSA) is 40.5 Å². The summed E-state index contributed by atoms with van der Waals surface area (Å²) in [5.41, 5.74) is 0.0997. The van der Waals surface area contributed by atoms with E-state index in [1.807, 2.05) is 4.90 Å². The highest BCUT2D eigenvalue weighted by Gasteiger charge is 2.30. The zero-order valence-electron chi connectivity index (χ0n) is 10.2. The van der Waals surface area contributed by atoms with Crippen molar-refractivity contribution in [3.05, 3.63) is 0 Å². The maximum Gasteiger partial charge on any atom is 0.236 e. The number of piperidine rings is 1. The number of amides is 1. The van der Waals surface area contributed by atoms with Crippen LogP contribution in [-0.4, -0.2) is 40.4 Å². The number of nitrogens with zero attached hydrogens (tertiary/aromatic N) is 1. The Hall–Kier alpha value is -0.0900. The Bertz CT molecular complexity index is 243. The van der Waals surface area contributed by atoms with E-state index in [9.17, 15) is 4.79 Å². The van der Waals surface area contributed by atoms with Crippen molar-refractivity contribution < 1.29 is 9.90 Å². The zero-order chi connectivity index (χ0) is 12.2. The lowest BCUT2D eigenvalue weighted by molar-refractivity contribution is -0.134. The summed E-state index contributed by atoms with van der Waals surface area (Å²) in [5, 5.41) is 8.84. The van der Waals surface area contributed by atoms with E-state index in [-0.39, 0.29) is 22.8 Å². The first-order chi connectivity index (χ1) is 7.46. The second-order valence-electron chi connectivity index (χ2n) is 5.36. The fraction of sp³-hybridized carbons (Fsp3) is 0.917. The molecule has 1 amide bonds. The van der Waals surface area contributed by atoms with Gasteiger partial charge in [0, 0.05) is 19.7 Å². The fourth-order valence-corrected chi connectivity index (χ4v) is 2.82. The van der Waals surface area contributed by atoms with Crippen LogP contribution < -0.4 is 0 Å². The molecule has 0 saturated carbocycles. The molecule has 1 aliphatic heterocycles. The molecule has 0 bridgehead atoms. The molecule has 1 aliphatic rings. The van der Waals surface area contributed by atoms with Crippen LogP contribution in [0, 0.1) is 5.41 Å². The van der Waals surface area contributed by atoms with Gasteiger partial charge >= 0.3 is 0 Å². The summed E-state index contributed by atoms with van der Waals surface area (Å²) in [6.45, 7) is 6.23. The van der Waals surface area contributed by atoms with Gasteiger partial charge < -0.3 is 10.0 Å². The lowest BCUT2D eigenvalue weighted by Gasteiger charge is -2.36. The largest absolute Gasteiger partial charge is 0.396 e. The number of rotatable bonds is 5.